The van der Waals surface area contributed by atoms with E-state index < -0.39 is 17.8 Å². The minimum atomic E-state index is -4.58. The molecule has 10 nitrogen and oxygen atoms in total. The Bertz CT molecular complexity index is 1310. The second-order valence-electron chi connectivity index (χ2n) is 9.54. The molecule has 0 bridgehead atoms. The van der Waals surface area contributed by atoms with Gasteiger partial charge in [-0.05, 0) is 49.5 Å². The number of carbonyl (C=O) groups excluding carboxylic acids is 1. The predicted molar refractivity (Wildman–Crippen MR) is 145 cm³/mol. The molecule has 0 unspecified atom stereocenters. The number of rotatable bonds is 6. The summed E-state index contributed by atoms with van der Waals surface area (Å²) in [5.74, 6) is 1.69. The van der Waals surface area contributed by atoms with Crippen LogP contribution < -0.4 is 25.2 Å². The first-order chi connectivity index (χ1) is 19.2. The number of nitrogens with zero attached hydrogens (tertiary/aromatic N) is 5. The summed E-state index contributed by atoms with van der Waals surface area (Å²) in [6, 6.07) is 11.4. The van der Waals surface area contributed by atoms with Crippen LogP contribution in [-0.4, -0.2) is 80.4 Å². The van der Waals surface area contributed by atoms with Crippen LogP contribution in [0.4, 0.5) is 40.8 Å². The first-order valence-corrected chi connectivity index (χ1v) is 12.9. The number of benzene rings is 2. The largest absolute Gasteiger partial charge is 0.439 e. The number of piperazine rings is 1. The van der Waals surface area contributed by atoms with Crippen molar-refractivity contribution in [3.8, 4) is 11.6 Å². The molecule has 0 atom stereocenters. The van der Waals surface area contributed by atoms with Crippen LogP contribution in [0.2, 0.25) is 0 Å². The number of aromatic nitrogens is 2. The topological polar surface area (TPSA) is 95.1 Å². The van der Waals surface area contributed by atoms with E-state index >= 15 is 0 Å². The van der Waals surface area contributed by atoms with Gasteiger partial charge in [0.05, 0.1) is 18.8 Å². The van der Waals surface area contributed by atoms with Crippen molar-refractivity contribution in [2.24, 2.45) is 0 Å². The molecule has 1 aromatic heterocycles. The van der Waals surface area contributed by atoms with Crippen molar-refractivity contribution in [1.82, 2.24) is 14.9 Å². The number of carbonyl (C=O) groups is 1. The van der Waals surface area contributed by atoms with Crippen LogP contribution >= 0.6 is 0 Å². The fraction of sp³-hybridized carbons (Fsp3) is 0.370. The highest BCUT2D eigenvalue weighted by Gasteiger charge is 2.35. The Hall–Kier alpha value is -4.10. The Labute approximate surface area is 229 Å². The standard InChI is InChI=1S/C27H30F3N7O3/c1-35-8-10-37(11-9-35)24-17-25(32-18-31-24)40-21-5-2-19(3-6-21)33-26(38)34-20-4-7-23(22(16-20)27(28,29)30)36-12-14-39-15-13-36/h2-7,16-18H,8-15H2,1H3,(H2,33,34,38). The molecule has 2 amide bonds. The normalized spacial score (nSPS) is 16.5. The fourth-order valence-electron chi connectivity index (χ4n) is 4.54. The lowest BCUT2D eigenvalue weighted by Gasteiger charge is -2.33. The zero-order valence-corrected chi connectivity index (χ0v) is 21.9. The van der Waals surface area contributed by atoms with Gasteiger partial charge >= 0.3 is 12.2 Å². The monoisotopic (exact) mass is 557 g/mol. The number of ether oxygens (including phenoxy) is 2. The van der Waals surface area contributed by atoms with E-state index in [2.05, 4.69) is 37.4 Å². The molecule has 0 aliphatic carbocycles. The van der Waals surface area contributed by atoms with Crippen LogP contribution in [0.25, 0.3) is 0 Å². The SMILES string of the molecule is CN1CCN(c2cc(Oc3ccc(NC(=O)Nc4ccc(N5CCOCC5)c(C(F)(F)F)c4)cc3)ncn2)CC1. The third-order valence-corrected chi connectivity index (χ3v) is 6.70. The van der Waals surface area contributed by atoms with Crippen LogP contribution in [0.5, 0.6) is 11.6 Å². The van der Waals surface area contributed by atoms with E-state index in [9.17, 15) is 18.0 Å². The van der Waals surface area contributed by atoms with Crippen molar-refractivity contribution in [2.75, 3.05) is 80.0 Å². The van der Waals surface area contributed by atoms with Gasteiger partial charge in [0.15, 0.2) is 0 Å². The lowest BCUT2D eigenvalue weighted by molar-refractivity contribution is -0.137. The zero-order chi connectivity index (χ0) is 28.1. The maximum Gasteiger partial charge on any atom is 0.418 e. The summed E-state index contributed by atoms with van der Waals surface area (Å²) in [5.41, 5.74) is -0.278. The maximum absolute atomic E-state index is 13.8. The fourth-order valence-corrected chi connectivity index (χ4v) is 4.54. The van der Waals surface area contributed by atoms with Gasteiger partial charge in [-0.1, -0.05) is 0 Å². The second kappa shape index (κ2) is 12.0. The molecule has 40 heavy (non-hydrogen) atoms. The number of urea groups is 1. The molecule has 0 saturated carbocycles. The van der Waals surface area contributed by atoms with Crippen molar-refractivity contribution >= 4 is 28.9 Å². The lowest BCUT2D eigenvalue weighted by atomic mass is 10.1. The van der Waals surface area contributed by atoms with E-state index in [1.807, 2.05) is 0 Å². The summed E-state index contributed by atoms with van der Waals surface area (Å²) in [6.07, 6.45) is -3.12. The van der Waals surface area contributed by atoms with Crippen molar-refractivity contribution in [2.45, 2.75) is 6.18 Å². The molecular formula is C27H30F3N7O3. The molecular weight excluding hydrogens is 527 g/mol. The predicted octanol–water partition coefficient (Wildman–Crippen LogP) is 4.52. The van der Waals surface area contributed by atoms with E-state index in [-0.39, 0.29) is 11.4 Å². The van der Waals surface area contributed by atoms with Gasteiger partial charge in [-0.15, -0.1) is 0 Å². The number of hydrogen-bond donors (Lipinski definition) is 2. The van der Waals surface area contributed by atoms with Gasteiger partial charge in [-0.2, -0.15) is 13.2 Å². The van der Waals surface area contributed by atoms with E-state index in [0.29, 0.717) is 43.6 Å². The number of hydrogen-bond acceptors (Lipinski definition) is 8. The molecule has 2 aliphatic rings. The van der Waals surface area contributed by atoms with Crippen LogP contribution in [0.3, 0.4) is 0 Å². The molecule has 0 spiro atoms. The summed E-state index contributed by atoms with van der Waals surface area (Å²) in [6.45, 7) is 5.09. The average Bonchev–Trinajstić information content (AvgIpc) is 2.95. The number of halogens is 3. The third-order valence-electron chi connectivity index (χ3n) is 6.70. The second-order valence-corrected chi connectivity index (χ2v) is 9.54. The van der Waals surface area contributed by atoms with Crippen LogP contribution in [-0.2, 0) is 10.9 Å². The number of likely N-dealkylation sites (N-methyl/N-ethyl adjacent to an activating group) is 1. The molecule has 13 heteroatoms. The lowest BCUT2D eigenvalue weighted by Crippen LogP contribution is -2.44. The van der Waals surface area contributed by atoms with Gasteiger partial charge in [-0.3, -0.25) is 0 Å². The van der Waals surface area contributed by atoms with Crippen molar-refractivity contribution < 1.29 is 27.4 Å². The number of morpholine rings is 1. The number of amides is 2. The van der Waals surface area contributed by atoms with Gasteiger partial charge in [0.1, 0.15) is 17.9 Å². The molecule has 2 N–H and O–H groups in total. The molecule has 5 rings (SSSR count). The molecule has 2 aromatic carbocycles. The first kappa shape index (κ1) is 27.5. The van der Waals surface area contributed by atoms with Crippen LogP contribution in [0.15, 0.2) is 54.9 Å². The van der Waals surface area contributed by atoms with Crippen LogP contribution in [0, 0.1) is 0 Å². The van der Waals surface area contributed by atoms with Gasteiger partial charge in [0, 0.05) is 62.4 Å². The molecule has 3 heterocycles. The van der Waals surface area contributed by atoms with Crippen molar-refractivity contribution in [1.29, 1.82) is 0 Å². The maximum atomic E-state index is 13.8. The molecule has 2 saturated heterocycles. The van der Waals surface area contributed by atoms with E-state index in [4.69, 9.17) is 9.47 Å². The Morgan fingerprint density at radius 3 is 2.25 bits per heavy atom. The van der Waals surface area contributed by atoms with Gasteiger partial charge in [0.2, 0.25) is 5.88 Å². The van der Waals surface area contributed by atoms with Gasteiger partial charge < -0.3 is 34.8 Å². The number of nitrogens with one attached hydrogen (secondary N) is 2. The highest BCUT2D eigenvalue weighted by Crippen LogP contribution is 2.38. The zero-order valence-electron chi connectivity index (χ0n) is 21.9. The Morgan fingerprint density at radius 1 is 0.875 bits per heavy atom. The Morgan fingerprint density at radius 2 is 1.55 bits per heavy atom. The van der Waals surface area contributed by atoms with Gasteiger partial charge in [-0.25, -0.2) is 14.8 Å². The van der Waals surface area contributed by atoms with Crippen molar-refractivity contribution in [3.05, 3.63) is 60.4 Å². The number of alkyl halides is 3. The molecule has 3 aromatic rings. The summed E-state index contributed by atoms with van der Waals surface area (Å²) in [7, 11) is 2.08. The van der Waals surface area contributed by atoms with Gasteiger partial charge in [0.25, 0.3) is 0 Å². The summed E-state index contributed by atoms with van der Waals surface area (Å²) >= 11 is 0. The van der Waals surface area contributed by atoms with E-state index in [1.165, 1.54) is 18.5 Å². The van der Waals surface area contributed by atoms with Crippen molar-refractivity contribution in [3.63, 3.8) is 0 Å². The summed E-state index contributed by atoms with van der Waals surface area (Å²) < 4.78 is 52.4. The summed E-state index contributed by atoms with van der Waals surface area (Å²) in [5, 5.41) is 5.10. The smallest absolute Gasteiger partial charge is 0.418 e. The van der Waals surface area contributed by atoms with Crippen LogP contribution in [0.1, 0.15) is 5.56 Å². The molecule has 0 radical (unpaired) electrons. The third kappa shape index (κ3) is 6.90. The molecule has 212 valence electrons. The van der Waals surface area contributed by atoms with E-state index in [1.54, 1.807) is 35.2 Å². The molecule has 2 fully saturated rings. The minimum absolute atomic E-state index is 0.0294. The Balaban J connectivity index is 1.19. The van der Waals surface area contributed by atoms with E-state index in [0.717, 1.165) is 38.1 Å². The quantitative estimate of drug-likeness (QED) is 0.457. The number of anilines is 4. The average molecular weight is 558 g/mol. The highest BCUT2D eigenvalue weighted by molar-refractivity contribution is 6.00. The molecule has 2 aliphatic heterocycles. The summed E-state index contributed by atoms with van der Waals surface area (Å²) in [4.78, 5) is 27.1. The highest BCUT2D eigenvalue weighted by atomic mass is 19.4. The minimum Gasteiger partial charge on any atom is -0.439 e. The first-order valence-electron chi connectivity index (χ1n) is 12.9. The Kier molecular flexibility index (Phi) is 8.21.